The molecule has 0 unspecified atom stereocenters. The topological polar surface area (TPSA) is 80.9 Å². The minimum Gasteiger partial charge on any atom is -0.397 e. The molecule has 2 heterocycles. The zero-order valence-electron chi connectivity index (χ0n) is 15.0. The third-order valence-electron chi connectivity index (χ3n) is 4.12. The van der Waals surface area contributed by atoms with E-state index in [2.05, 4.69) is 22.2 Å². The zero-order chi connectivity index (χ0) is 18.5. The van der Waals surface area contributed by atoms with E-state index in [9.17, 15) is 4.79 Å². The number of nitrogens with two attached hydrogens (primary N) is 1. The molecule has 5 nitrogen and oxygen atoms in total. The molecular weight excluding hydrogens is 344 g/mol. The molecule has 3 N–H and O–H groups in total. The second-order valence-electron chi connectivity index (χ2n) is 6.09. The molecule has 0 bridgehead atoms. The standard InChI is InChI=1S/C20H22N4OS/c1-3-4-19-24-13(2)18(26-19)12-23-20(25)15-7-5-14(6-8-15)16-9-10-22-11-17(16)21/h5-11H,3-4,12,21H2,1-2H3,(H,23,25). The molecule has 0 aliphatic carbocycles. The van der Waals surface area contributed by atoms with Gasteiger partial charge < -0.3 is 11.1 Å². The number of nitrogens with zero attached hydrogens (tertiary/aromatic N) is 2. The van der Waals surface area contributed by atoms with Crippen LogP contribution in [0.3, 0.4) is 0 Å². The Morgan fingerprint density at radius 3 is 2.69 bits per heavy atom. The van der Waals surface area contributed by atoms with Crippen LogP contribution in [0.1, 0.15) is 39.3 Å². The van der Waals surface area contributed by atoms with Gasteiger partial charge in [-0.15, -0.1) is 11.3 Å². The maximum absolute atomic E-state index is 12.4. The first-order chi connectivity index (χ1) is 12.6. The second kappa shape index (κ2) is 8.10. The fourth-order valence-corrected chi connectivity index (χ4v) is 3.82. The van der Waals surface area contributed by atoms with Gasteiger partial charge in [-0.25, -0.2) is 4.98 Å². The van der Waals surface area contributed by atoms with Gasteiger partial charge in [0.15, 0.2) is 0 Å². The van der Waals surface area contributed by atoms with Crippen LogP contribution in [-0.2, 0) is 13.0 Å². The van der Waals surface area contributed by atoms with Crippen LogP contribution in [-0.4, -0.2) is 15.9 Å². The van der Waals surface area contributed by atoms with Crippen LogP contribution < -0.4 is 11.1 Å². The first-order valence-corrected chi connectivity index (χ1v) is 9.43. The molecule has 0 saturated carbocycles. The Balaban J connectivity index is 1.66. The van der Waals surface area contributed by atoms with Crippen molar-refractivity contribution >= 4 is 22.9 Å². The third kappa shape index (κ3) is 4.08. The van der Waals surface area contributed by atoms with E-state index in [0.717, 1.165) is 39.5 Å². The van der Waals surface area contributed by atoms with Crippen molar-refractivity contribution in [3.63, 3.8) is 0 Å². The lowest BCUT2D eigenvalue weighted by Crippen LogP contribution is -2.22. The number of nitrogens with one attached hydrogen (secondary N) is 1. The Morgan fingerprint density at radius 2 is 2.00 bits per heavy atom. The van der Waals surface area contributed by atoms with Crippen LogP contribution in [0, 0.1) is 6.92 Å². The van der Waals surface area contributed by atoms with Crippen LogP contribution >= 0.6 is 11.3 Å². The van der Waals surface area contributed by atoms with Gasteiger partial charge in [-0.3, -0.25) is 9.78 Å². The van der Waals surface area contributed by atoms with Gasteiger partial charge in [-0.2, -0.15) is 0 Å². The fraction of sp³-hybridized carbons (Fsp3) is 0.250. The minimum atomic E-state index is -0.0934. The van der Waals surface area contributed by atoms with Gasteiger partial charge in [0.1, 0.15) is 0 Å². The highest BCUT2D eigenvalue weighted by Crippen LogP contribution is 2.25. The number of thiazole rings is 1. The monoisotopic (exact) mass is 366 g/mol. The average molecular weight is 366 g/mol. The summed E-state index contributed by atoms with van der Waals surface area (Å²) < 4.78 is 0. The lowest BCUT2D eigenvalue weighted by Gasteiger charge is -2.07. The zero-order valence-corrected chi connectivity index (χ0v) is 15.8. The Morgan fingerprint density at radius 1 is 1.23 bits per heavy atom. The second-order valence-corrected chi connectivity index (χ2v) is 7.26. The number of benzene rings is 1. The molecule has 0 fully saturated rings. The Bertz CT molecular complexity index is 902. The number of rotatable bonds is 6. The van der Waals surface area contributed by atoms with Crippen molar-refractivity contribution in [2.75, 3.05) is 5.73 Å². The van der Waals surface area contributed by atoms with E-state index >= 15 is 0 Å². The summed E-state index contributed by atoms with van der Waals surface area (Å²) in [5.74, 6) is -0.0934. The van der Waals surface area contributed by atoms with E-state index < -0.39 is 0 Å². The number of carbonyl (C=O) groups is 1. The molecule has 0 atom stereocenters. The lowest BCUT2D eigenvalue weighted by molar-refractivity contribution is 0.0951. The summed E-state index contributed by atoms with van der Waals surface area (Å²) >= 11 is 1.68. The van der Waals surface area contributed by atoms with Gasteiger partial charge >= 0.3 is 0 Å². The largest absolute Gasteiger partial charge is 0.397 e. The first kappa shape index (κ1) is 18.1. The SMILES string of the molecule is CCCc1nc(C)c(CNC(=O)c2ccc(-c3ccncc3N)cc2)s1. The van der Waals surface area contributed by atoms with Gasteiger partial charge in [-0.05, 0) is 43.5 Å². The van der Waals surface area contributed by atoms with Crippen molar-refractivity contribution in [1.29, 1.82) is 0 Å². The van der Waals surface area contributed by atoms with Crippen LogP contribution in [0.4, 0.5) is 5.69 Å². The summed E-state index contributed by atoms with van der Waals surface area (Å²) in [5.41, 5.74) is 10.1. The highest BCUT2D eigenvalue weighted by Gasteiger charge is 2.11. The quantitative estimate of drug-likeness (QED) is 0.691. The summed E-state index contributed by atoms with van der Waals surface area (Å²) in [6.07, 6.45) is 5.39. The molecule has 26 heavy (non-hydrogen) atoms. The highest BCUT2D eigenvalue weighted by molar-refractivity contribution is 7.11. The van der Waals surface area contributed by atoms with E-state index in [1.54, 1.807) is 23.7 Å². The molecule has 1 amide bonds. The van der Waals surface area contributed by atoms with Crippen molar-refractivity contribution in [3.05, 3.63) is 63.9 Å². The Hall–Kier alpha value is -2.73. The maximum atomic E-state index is 12.4. The number of carbonyl (C=O) groups excluding carboxylic acids is 1. The fourth-order valence-electron chi connectivity index (χ4n) is 2.71. The normalized spacial score (nSPS) is 10.7. The molecule has 0 saturated heterocycles. The van der Waals surface area contributed by atoms with Crippen molar-refractivity contribution in [2.45, 2.75) is 33.2 Å². The summed E-state index contributed by atoms with van der Waals surface area (Å²) in [7, 11) is 0. The number of aryl methyl sites for hydroxylation is 2. The van der Waals surface area contributed by atoms with E-state index in [4.69, 9.17) is 5.73 Å². The molecule has 6 heteroatoms. The van der Waals surface area contributed by atoms with Crippen LogP contribution in [0.25, 0.3) is 11.1 Å². The number of nitrogen functional groups attached to an aromatic ring is 1. The number of pyridine rings is 1. The molecule has 3 rings (SSSR count). The smallest absolute Gasteiger partial charge is 0.251 e. The van der Waals surface area contributed by atoms with Gasteiger partial charge in [0.05, 0.1) is 29.1 Å². The van der Waals surface area contributed by atoms with Gasteiger partial charge in [0.25, 0.3) is 5.91 Å². The highest BCUT2D eigenvalue weighted by atomic mass is 32.1. The van der Waals surface area contributed by atoms with Crippen molar-refractivity contribution in [2.24, 2.45) is 0 Å². The number of anilines is 1. The van der Waals surface area contributed by atoms with E-state index in [1.165, 1.54) is 0 Å². The minimum absolute atomic E-state index is 0.0934. The molecule has 0 spiro atoms. The molecular formula is C20H22N4OS. The lowest BCUT2D eigenvalue weighted by atomic mass is 10.0. The predicted octanol–water partition coefficient (Wildman–Crippen LogP) is 3.98. The van der Waals surface area contributed by atoms with Gasteiger partial charge in [0.2, 0.25) is 0 Å². The average Bonchev–Trinajstić information content (AvgIpc) is 3.00. The van der Waals surface area contributed by atoms with Gasteiger partial charge in [-0.1, -0.05) is 19.1 Å². The summed E-state index contributed by atoms with van der Waals surface area (Å²) in [6, 6.07) is 9.29. The molecule has 134 valence electrons. The van der Waals surface area contributed by atoms with Crippen LogP contribution in [0.5, 0.6) is 0 Å². The van der Waals surface area contributed by atoms with E-state index in [-0.39, 0.29) is 5.91 Å². The summed E-state index contributed by atoms with van der Waals surface area (Å²) in [5, 5.41) is 4.11. The molecule has 0 aliphatic rings. The van der Waals surface area contributed by atoms with Crippen molar-refractivity contribution in [3.8, 4) is 11.1 Å². The van der Waals surface area contributed by atoms with Gasteiger partial charge in [0, 0.05) is 22.2 Å². The summed E-state index contributed by atoms with van der Waals surface area (Å²) in [4.78, 5) is 22.1. The maximum Gasteiger partial charge on any atom is 0.251 e. The molecule has 0 aliphatic heterocycles. The van der Waals surface area contributed by atoms with Crippen LogP contribution in [0.15, 0.2) is 42.7 Å². The Kier molecular flexibility index (Phi) is 5.63. The molecule has 1 aromatic carbocycles. The first-order valence-electron chi connectivity index (χ1n) is 8.61. The number of hydrogen-bond acceptors (Lipinski definition) is 5. The van der Waals surface area contributed by atoms with Crippen molar-refractivity contribution in [1.82, 2.24) is 15.3 Å². The summed E-state index contributed by atoms with van der Waals surface area (Å²) in [6.45, 7) is 4.64. The molecule has 3 aromatic rings. The third-order valence-corrected chi connectivity index (χ3v) is 5.34. The number of hydrogen-bond donors (Lipinski definition) is 2. The predicted molar refractivity (Wildman–Crippen MR) is 106 cm³/mol. The molecule has 2 aromatic heterocycles. The van der Waals surface area contributed by atoms with Crippen LogP contribution in [0.2, 0.25) is 0 Å². The molecule has 0 radical (unpaired) electrons. The van der Waals surface area contributed by atoms with Crippen molar-refractivity contribution < 1.29 is 4.79 Å². The Labute approximate surface area is 157 Å². The number of amides is 1. The van der Waals surface area contributed by atoms with E-state index in [0.29, 0.717) is 17.8 Å². The van der Waals surface area contributed by atoms with E-state index in [1.807, 2.05) is 37.3 Å². The number of aromatic nitrogens is 2.